The van der Waals surface area contributed by atoms with Crippen LogP contribution in [0.2, 0.25) is 0 Å². The van der Waals surface area contributed by atoms with Gasteiger partial charge in [-0.1, -0.05) is 6.07 Å². The van der Waals surface area contributed by atoms with E-state index in [1.54, 1.807) is 12.3 Å². The number of nitrogens with zero attached hydrogens (tertiary/aromatic N) is 5. The highest BCUT2D eigenvalue weighted by atomic mass is 19.1. The first-order valence-corrected chi connectivity index (χ1v) is 8.43. The molecule has 0 saturated heterocycles. The van der Waals surface area contributed by atoms with E-state index < -0.39 is 0 Å². The Hall–Kier alpha value is -2.60. The molecule has 0 unspecified atom stereocenters. The number of pyridine rings is 2. The van der Waals surface area contributed by atoms with Crippen molar-refractivity contribution in [3.63, 3.8) is 0 Å². The standard InChI is InChI=1S/C19H20FN5/c1-13-5-6-15(10-22-13)11-24-8-9-25-17(12-24)14(2)18(23-25)19-16(20)4-3-7-21-19/h3-7,10H,8-9,11-12H2,1-2H3. The summed E-state index contributed by atoms with van der Waals surface area (Å²) in [6.07, 6.45) is 3.54. The fourth-order valence-electron chi connectivity index (χ4n) is 3.27. The molecule has 0 amide bonds. The Balaban J connectivity index is 1.59. The summed E-state index contributed by atoms with van der Waals surface area (Å²) in [7, 11) is 0. The molecule has 0 fully saturated rings. The molecule has 5 nitrogen and oxygen atoms in total. The van der Waals surface area contributed by atoms with Crippen LogP contribution in [-0.2, 0) is 19.6 Å². The topological polar surface area (TPSA) is 46.8 Å². The summed E-state index contributed by atoms with van der Waals surface area (Å²) in [6.45, 7) is 7.34. The summed E-state index contributed by atoms with van der Waals surface area (Å²) in [5.41, 5.74) is 5.34. The lowest BCUT2D eigenvalue weighted by Crippen LogP contribution is -2.33. The molecule has 0 atom stereocenters. The Bertz CT molecular complexity index is 901. The molecule has 4 heterocycles. The van der Waals surface area contributed by atoms with E-state index in [2.05, 4.69) is 26.0 Å². The van der Waals surface area contributed by atoms with Crippen molar-refractivity contribution in [1.29, 1.82) is 0 Å². The molecular formula is C19H20FN5. The maximum atomic E-state index is 14.1. The van der Waals surface area contributed by atoms with E-state index in [9.17, 15) is 4.39 Å². The maximum Gasteiger partial charge on any atom is 0.151 e. The number of aryl methyl sites for hydroxylation is 1. The molecule has 0 spiro atoms. The van der Waals surface area contributed by atoms with Gasteiger partial charge in [0.05, 0.1) is 12.2 Å². The highest BCUT2D eigenvalue weighted by Crippen LogP contribution is 2.28. The van der Waals surface area contributed by atoms with Crippen molar-refractivity contribution in [2.45, 2.75) is 33.5 Å². The van der Waals surface area contributed by atoms with Crippen LogP contribution in [0, 0.1) is 19.7 Å². The summed E-state index contributed by atoms with van der Waals surface area (Å²) in [4.78, 5) is 10.9. The molecule has 0 N–H and O–H groups in total. The highest BCUT2D eigenvalue weighted by molar-refractivity contribution is 5.60. The number of fused-ring (bicyclic) bond motifs is 1. The molecular weight excluding hydrogens is 317 g/mol. The van der Waals surface area contributed by atoms with Gasteiger partial charge in [0.15, 0.2) is 5.82 Å². The van der Waals surface area contributed by atoms with Crippen molar-refractivity contribution in [3.05, 3.63) is 65.0 Å². The maximum absolute atomic E-state index is 14.1. The van der Waals surface area contributed by atoms with Gasteiger partial charge in [0.25, 0.3) is 0 Å². The Kier molecular flexibility index (Phi) is 4.05. The van der Waals surface area contributed by atoms with Crippen molar-refractivity contribution in [2.75, 3.05) is 6.54 Å². The second kappa shape index (κ2) is 6.37. The molecule has 0 aromatic carbocycles. The van der Waals surface area contributed by atoms with Gasteiger partial charge >= 0.3 is 0 Å². The van der Waals surface area contributed by atoms with Crippen LogP contribution < -0.4 is 0 Å². The lowest BCUT2D eigenvalue weighted by atomic mass is 10.1. The first kappa shape index (κ1) is 15.9. The smallest absolute Gasteiger partial charge is 0.151 e. The predicted octanol–water partition coefficient (Wildman–Crippen LogP) is 3.11. The molecule has 1 aliphatic rings. The molecule has 128 valence electrons. The molecule has 0 bridgehead atoms. The Labute approximate surface area is 146 Å². The minimum atomic E-state index is -0.330. The number of aromatic nitrogens is 4. The van der Waals surface area contributed by atoms with Gasteiger partial charge in [0.1, 0.15) is 11.4 Å². The molecule has 0 radical (unpaired) electrons. The van der Waals surface area contributed by atoms with Gasteiger partial charge in [-0.3, -0.25) is 19.5 Å². The van der Waals surface area contributed by atoms with Gasteiger partial charge in [-0.2, -0.15) is 5.10 Å². The van der Waals surface area contributed by atoms with E-state index in [1.165, 1.54) is 11.6 Å². The number of hydrogen-bond acceptors (Lipinski definition) is 4. The zero-order valence-corrected chi connectivity index (χ0v) is 14.4. The normalized spacial score (nSPS) is 14.5. The van der Waals surface area contributed by atoms with Gasteiger partial charge in [0.2, 0.25) is 0 Å². The second-order valence-electron chi connectivity index (χ2n) is 6.50. The van der Waals surface area contributed by atoms with Crippen LogP contribution in [0.25, 0.3) is 11.4 Å². The number of rotatable bonds is 3. The molecule has 1 aliphatic heterocycles. The van der Waals surface area contributed by atoms with Crippen molar-refractivity contribution in [1.82, 2.24) is 24.6 Å². The van der Waals surface area contributed by atoms with Gasteiger partial charge < -0.3 is 0 Å². The summed E-state index contributed by atoms with van der Waals surface area (Å²) in [6, 6.07) is 7.19. The lowest BCUT2D eigenvalue weighted by molar-refractivity contribution is 0.204. The van der Waals surface area contributed by atoms with Gasteiger partial charge in [-0.05, 0) is 37.6 Å². The third kappa shape index (κ3) is 3.05. The quantitative estimate of drug-likeness (QED) is 0.737. The van der Waals surface area contributed by atoms with Gasteiger partial charge in [-0.25, -0.2) is 4.39 Å². The minimum Gasteiger partial charge on any atom is -0.291 e. The van der Waals surface area contributed by atoms with Crippen LogP contribution >= 0.6 is 0 Å². The Morgan fingerprint density at radius 3 is 2.72 bits per heavy atom. The SMILES string of the molecule is Cc1ccc(CN2CCn3nc(-c4ncccc4F)c(C)c3C2)cn1. The van der Waals surface area contributed by atoms with E-state index in [0.29, 0.717) is 11.4 Å². The third-order valence-corrected chi connectivity index (χ3v) is 4.68. The molecule has 6 heteroatoms. The molecule has 4 rings (SSSR count). The summed E-state index contributed by atoms with van der Waals surface area (Å²) in [5, 5.41) is 4.61. The number of hydrogen-bond donors (Lipinski definition) is 0. The molecule has 0 saturated carbocycles. The van der Waals surface area contributed by atoms with Crippen LogP contribution in [0.15, 0.2) is 36.7 Å². The highest BCUT2D eigenvalue weighted by Gasteiger charge is 2.24. The van der Waals surface area contributed by atoms with E-state index in [1.807, 2.05) is 30.8 Å². The second-order valence-corrected chi connectivity index (χ2v) is 6.50. The number of halogens is 1. The predicted molar refractivity (Wildman–Crippen MR) is 93.2 cm³/mol. The zero-order chi connectivity index (χ0) is 17.4. The minimum absolute atomic E-state index is 0.330. The van der Waals surface area contributed by atoms with Crippen molar-refractivity contribution in [2.24, 2.45) is 0 Å². The van der Waals surface area contributed by atoms with E-state index in [0.717, 1.165) is 43.1 Å². The monoisotopic (exact) mass is 337 g/mol. The fraction of sp³-hybridized carbons (Fsp3) is 0.316. The van der Waals surface area contributed by atoms with Crippen molar-refractivity contribution < 1.29 is 4.39 Å². The average Bonchev–Trinajstić information content (AvgIpc) is 2.94. The third-order valence-electron chi connectivity index (χ3n) is 4.68. The average molecular weight is 337 g/mol. The molecule has 0 aliphatic carbocycles. The molecule has 3 aromatic heterocycles. The first-order chi connectivity index (χ1) is 12.1. The Morgan fingerprint density at radius 2 is 1.96 bits per heavy atom. The molecule has 3 aromatic rings. The Morgan fingerprint density at radius 1 is 1.08 bits per heavy atom. The van der Waals surface area contributed by atoms with Crippen LogP contribution in [0.5, 0.6) is 0 Å². The van der Waals surface area contributed by atoms with E-state index in [4.69, 9.17) is 0 Å². The van der Waals surface area contributed by atoms with E-state index in [-0.39, 0.29) is 5.82 Å². The van der Waals surface area contributed by atoms with Gasteiger partial charge in [-0.15, -0.1) is 0 Å². The molecule has 25 heavy (non-hydrogen) atoms. The van der Waals surface area contributed by atoms with Crippen LogP contribution in [0.3, 0.4) is 0 Å². The van der Waals surface area contributed by atoms with Crippen molar-refractivity contribution >= 4 is 0 Å². The van der Waals surface area contributed by atoms with E-state index >= 15 is 0 Å². The van der Waals surface area contributed by atoms with Crippen LogP contribution in [-0.4, -0.2) is 31.2 Å². The van der Waals surface area contributed by atoms with Gasteiger partial charge in [0, 0.05) is 43.3 Å². The lowest BCUT2D eigenvalue weighted by Gasteiger charge is -2.28. The first-order valence-electron chi connectivity index (χ1n) is 8.43. The fourth-order valence-corrected chi connectivity index (χ4v) is 3.27. The van der Waals surface area contributed by atoms with Crippen LogP contribution in [0.1, 0.15) is 22.5 Å². The largest absolute Gasteiger partial charge is 0.291 e. The summed E-state index contributed by atoms with van der Waals surface area (Å²) < 4.78 is 16.1. The summed E-state index contributed by atoms with van der Waals surface area (Å²) >= 11 is 0. The summed E-state index contributed by atoms with van der Waals surface area (Å²) in [5.74, 6) is -0.330. The van der Waals surface area contributed by atoms with Crippen LogP contribution in [0.4, 0.5) is 4.39 Å². The van der Waals surface area contributed by atoms with Crippen molar-refractivity contribution in [3.8, 4) is 11.4 Å². The zero-order valence-electron chi connectivity index (χ0n) is 14.4.